The van der Waals surface area contributed by atoms with Gasteiger partial charge in [-0.15, -0.1) is 0 Å². The van der Waals surface area contributed by atoms with Crippen molar-refractivity contribution in [3.63, 3.8) is 0 Å². The Labute approximate surface area is 103 Å². The second-order valence-corrected chi connectivity index (χ2v) is 4.92. The highest BCUT2D eigenvalue weighted by Crippen LogP contribution is 2.12. The molecule has 16 heavy (non-hydrogen) atoms. The van der Waals surface area contributed by atoms with Crippen molar-refractivity contribution in [1.29, 1.82) is 0 Å². The van der Waals surface area contributed by atoms with Crippen LogP contribution in [-0.4, -0.2) is 24.5 Å². The van der Waals surface area contributed by atoms with Gasteiger partial charge in [0.15, 0.2) is 0 Å². The van der Waals surface area contributed by atoms with Crippen molar-refractivity contribution in [2.75, 3.05) is 13.6 Å². The van der Waals surface area contributed by atoms with E-state index in [0.29, 0.717) is 6.04 Å². The predicted octanol–water partition coefficient (Wildman–Crippen LogP) is 2.90. The molecule has 0 saturated carbocycles. The first kappa shape index (κ1) is 13.5. The van der Waals surface area contributed by atoms with E-state index in [1.165, 1.54) is 5.56 Å². The van der Waals surface area contributed by atoms with E-state index in [9.17, 15) is 0 Å². The molecule has 0 aliphatic carbocycles. The maximum Gasteiger partial charge on any atom is 0.0409 e. The molecule has 0 radical (unpaired) electrons. The monoisotopic (exact) mass is 240 g/mol. The van der Waals surface area contributed by atoms with Gasteiger partial charge in [0.2, 0.25) is 0 Å². The van der Waals surface area contributed by atoms with Gasteiger partial charge in [-0.2, -0.15) is 0 Å². The molecule has 0 aliphatic rings. The summed E-state index contributed by atoms with van der Waals surface area (Å²) in [7, 11) is 2.13. The van der Waals surface area contributed by atoms with E-state index in [-0.39, 0.29) is 0 Å². The molecular formula is C13H21ClN2. The van der Waals surface area contributed by atoms with Crippen molar-refractivity contribution in [1.82, 2.24) is 4.90 Å². The summed E-state index contributed by atoms with van der Waals surface area (Å²) in [6.07, 6.45) is 2.23. The molecule has 90 valence electrons. The molecule has 0 aromatic heterocycles. The Kier molecular flexibility index (Phi) is 5.81. The van der Waals surface area contributed by atoms with Crippen LogP contribution in [0.2, 0.25) is 5.02 Å². The lowest BCUT2D eigenvalue weighted by Crippen LogP contribution is -2.22. The van der Waals surface area contributed by atoms with Gasteiger partial charge in [-0.1, -0.05) is 23.7 Å². The third-order valence-corrected chi connectivity index (χ3v) is 2.78. The van der Waals surface area contributed by atoms with E-state index < -0.39 is 0 Å². The van der Waals surface area contributed by atoms with Crippen LogP contribution in [0, 0.1) is 0 Å². The second-order valence-electron chi connectivity index (χ2n) is 4.49. The lowest BCUT2D eigenvalue weighted by Gasteiger charge is -2.17. The summed E-state index contributed by atoms with van der Waals surface area (Å²) in [4.78, 5) is 2.30. The third-order valence-electron chi connectivity index (χ3n) is 2.54. The fourth-order valence-electron chi connectivity index (χ4n) is 1.71. The SMILES string of the molecule is CC(N)CCCN(C)Cc1cccc(Cl)c1. The number of hydrogen-bond acceptors (Lipinski definition) is 2. The molecule has 0 spiro atoms. The van der Waals surface area contributed by atoms with Crippen LogP contribution in [0.3, 0.4) is 0 Å². The fraction of sp³-hybridized carbons (Fsp3) is 0.538. The molecule has 1 unspecified atom stereocenters. The van der Waals surface area contributed by atoms with Crippen LogP contribution >= 0.6 is 11.6 Å². The molecule has 1 aromatic carbocycles. The van der Waals surface area contributed by atoms with Crippen LogP contribution < -0.4 is 5.73 Å². The summed E-state index contributed by atoms with van der Waals surface area (Å²) in [6, 6.07) is 8.33. The van der Waals surface area contributed by atoms with Crippen molar-refractivity contribution >= 4 is 11.6 Å². The smallest absolute Gasteiger partial charge is 0.0409 e. The quantitative estimate of drug-likeness (QED) is 0.829. The average molecular weight is 241 g/mol. The van der Waals surface area contributed by atoms with Crippen molar-refractivity contribution in [2.24, 2.45) is 5.73 Å². The summed E-state index contributed by atoms with van der Waals surface area (Å²) in [5.41, 5.74) is 6.98. The zero-order valence-electron chi connectivity index (χ0n) is 10.1. The highest BCUT2D eigenvalue weighted by atomic mass is 35.5. The normalized spacial score (nSPS) is 13.1. The van der Waals surface area contributed by atoms with Gasteiger partial charge in [0.25, 0.3) is 0 Å². The number of hydrogen-bond donors (Lipinski definition) is 1. The number of nitrogens with two attached hydrogens (primary N) is 1. The van der Waals surface area contributed by atoms with Crippen LogP contribution in [0.5, 0.6) is 0 Å². The van der Waals surface area contributed by atoms with E-state index in [4.69, 9.17) is 17.3 Å². The molecule has 1 aromatic rings. The van der Waals surface area contributed by atoms with E-state index in [0.717, 1.165) is 31.0 Å². The Morgan fingerprint density at radius 3 is 2.81 bits per heavy atom. The molecule has 0 bridgehead atoms. The van der Waals surface area contributed by atoms with Gasteiger partial charge >= 0.3 is 0 Å². The predicted molar refractivity (Wildman–Crippen MR) is 70.7 cm³/mol. The molecule has 0 fully saturated rings. The third kappa shape index (κ3) is 5.50. The van der Waals surface area contributed by atoms with Gasteiger partial charge in [0.1, 0.15) is 0 Å². The number of rotatable bonds is 6. The van der Waals surface area contributed by atoms with Crippen LogP contribution in [-0.2, 0) is 6.54 Å². The van der Waals surface area contributed by atoms with Crippen molar-refractivity contribution in [3.8, 4) is 0 Å². The zero-order valence-corrected chi connectivity index (χ0v) is 10.9. The lowest BCUT2D eigenvalue weighted by atomic mass is 10.2. The maximum absolute atomic E-state index is 5.94. The highest BCUT2D eigenvalue weighted by Gasteiger charge is 2.01. The minimum absolute atomic E-state index is 0.305. The van der Waals surface area contributed by atoms with Crippen LogP contribution in [0.25, 0.3) is 0 Å². The van der Waals surface area contributed by atoms with Gasteiger partial charge in [0, 0.05) is 17.6 Å². The Hall–Kier alpha value is -0.570. The van der Waals surface area contributed by atoms with Crippen molar-refractivity contribution < 1.29 is 0 Å². The molecule has 1 rings (SSSR count). The molecule has 0 amide bonds. The molecule has 2 N–H and O–H groups in total. The van der Waals surface area contributed by atoms with Crippen LogP contribution in [0.1, 0.15) is 25.3 Å². The zero-order chi connectivity index (χ0) is 12.0. The molecular weight excluding hydrogens is 220 g/mol. The fourth-order valence-corrected chi connectivity index (χ4v) is 1.92. The maximum atomic E-state index is 5.94. The molecule has 0 saturated heterocycles. The Balaban J connectivity index is 2.31. The topological polar surface area (TPSA) is 29.3 Å². The summed E-state index contributed by atoms with van der Waals surface area (Å²) >= 11 is 5.94. The standard InChI is InChI=1S/C13H21ClN2/c1-11(15)5-4-8-16(2)10-12-6-3-7-13(14)9-12/h3,6-7,9,11H,4-5,8,10,15H2,1-2H3. The minimum atomic E-state index is 0.305. The average Bonchev–Trinajstić information content (AvgIpc) is 2.16. The van der Waals surface area contributed by atoms with Crippen molar-refractivity contribution in [2.45, 2.75) is 32.4 Å². The molecule has 0 heterocycles. The molecule has 1 atom stereocenters. The summed E-state index contributed by atoms with van der Waals surface area (Å²) in [6.45, 7) is 4.07. The number of benzene rings is 1. The van der Waals surface area contributed by atoms with Crippen molar-refractivity contribution in [3.05, 3.63) is 34.9 Å². The number of halogens is 1. The van der Waals surface area contributed by atoms with Gasteiger partial charge in [-0.05, 0) is 51.1 Å². The highest BCUT2D eigenvalue weighted by molar-refractivity contribution is 6.30. The first-order chi connectivity index (χ1) is 7.58. The van der Waals surface area contributed by atoms with Gasteiger partial charge in [-0.25, -0.2) is 0 Å². The Morgan fingerprint density at radius 1 is 1.44 bits per heavy atom. The molecule has 3 heteroatoms. The molecule has 0 aliphatic heterocycles. The van der Waals surface area contributed by atoms with E-state index in [1.807, 2.05) is 18.2 Å². The lowest BCUT2D eigenvalue weighted by molar-refractivity contribution is 0.315. The Bertz CT molecular complexity index is 313. The second kappa shape index (κ2) is 6.89. The van der Waals surface area contributed by atoms with Gasteiger partial charge in [0.05, 0.1) is 0 Å². The van der Waals surface area contributed by atoms with E-state index in [1.54, 1.807) is 0 Å². The minimum Gasteiger partial charge on any atom is -0.328 e. The number of nitrogens with zero attached hydrogens (tertiary/aromatic N) is 1. The molecule has 2 nitrogen and oxygen atoms in total. The first-order valence-corrected chi connectivity index (χ1v) is 6.14. The first-order valence-electron chi connectivity index (χ1n) is 5.76. The van der Waals surface area contributed by atoms with E-state index in [2.05, 4.69) is 24.9 Å². The van der Waals surface area contributed by atoms with Gasteiger partial charge < -0.3 is 10.6 Å². The van der Waals surface area contributed by atoms with Crippen LogP contribution in [0.4, 0.5) is 0 Å². The Morgan fingerprint density at radius 2 is 2.19 bits per heavy atom. The van der Waals surface area contributed by atoms with Crippen LogP contribution in [0.15, 0.2) is 24.3 Å². The largest absolute Gasteiger partial charge is 0.328 e. The summed E-state index contributed by atoms with van der Waals surface area (Å²) in [5.74, 6) is 0. The summed E-state index contributed by atoms with van der Waals surface area (Å²) < 4.78 is 0. The van der Waals surface area contributed by atoms with E-state index >= 15 is 0 Å². The van der Waals surface area contributed by atoms with Gasteiger partial charge in [-0.3, -0.25) is 0 Å². The summed E-state index contributed by atoms with van der Waals surface area (Å²) in [5, 5.41) is 0.807.